The van der Waals surface area contributed by atoms with Crippen molar-refractivity contribution in [3.63, 3.8) is 0 Å². The molecule has 0 atom stereocenters. The van der Waals surface area contributed by atoms with Crippen molar-refractivity contribution >= 4 is 21.6 Å². The molecule has 1 amide bonds. The summed E-state index contributed by atoms with van der Waals surface area (Å²) >= 11 is 0. The van der Waals surface area contributed by atoms with Crippen molar-refractivity contribution in [2.24, 2.45) is 0 Å². The molecule has 5 rings (SSSR count). The Balaban J connectivity index is 1.47. The number of aryl methyl sites for hydroxylation is 2. The second-order valence-electron chi connectivity index (χ2n) is 9.46. The van der Waals surface area contributed by atoms with Crippen molar-refractivity contribution in [2.75, 3.05) is 32.3 Å². The summed E-state index contributed by atoms with van der Waals surface area (Å²) in [5.41, 5.74) is 4.74. The number of ether oxygens (including phenoxy) is 2. The van der Waals surface area contributed by atoms with E-state index in [1.807, 2.05) is 55.5 Å². The Kier molecular flexibility index (Phi) is 7.51. The highest BCUT2D eigenvalue weighted by molar-refractivity contribution is 7.89. The van der Waals surface area contributed by atoms with Crippen LogP contribution in [-0.2, 0) is 21.3 Å². The monoisotopic (exact) mass is 546 g/mol. The lowest BCUT2D eigenvalue weighted by Gasteiger charge is -2.17. The van der Waals surface area contributed by atoms with Gasteiger partial charge in [0.05, 0.1) is 30.7 Å². The summed E-state index contributed by atoms with van der Waals surface area (Å²) in [5.74, 6) is 0.348. The van der Waals surface area contributed by atoms with Gasteiger partial charge < -0.3 is 14.8 Å². The molecule has 10 heteroatoms. The van der Waals surface area contributed by atoms with Crippen LogP contribution in [0.1, 0.15) is 27.0 Å². The lowest BCUT2D eigenvalue weighted by atomic mass is 10.1. The zero-order chi connectivity index (χ0) is 27.6. The zero-order valence-electron chi connectivity index (χ0n) is 22.0. The highest BCUT2D eigenvalue weighted by atomic mass is 32.2. The Labute approximate surface area is 228 Å². The topological polar surface area (TPSA) is 103 Å². The smallest absolute Gasteiger partial charge is 0.259 e. The fourth-order valence-electron chi connectivity index (χ4n) is 4.43. The summed E-state index contributed by atoms with van der Waals surface area (Å²) in [4.78, 5) is 13.7. The number of benzene rings is 3. The van der Waals surface area contributed by atoms with Crippen molar-refractivity contribution < 1.29 is 22.7 Å². The third kappa shape index (κ3) is 5.73. The number of carbonyl (C=O) groups is 1. The largest absolute Gasteiger partial charge is 0.497 e. The molecule has 1 N–H and O–H groups in total. The van der Waals surface area contributed by atoms with Gasteiger partial charge in [0.15, 0.2) is 0 Å². The highest BCUT2D eigenvalue weighted by Gasteiger charge is 2.29. The standard InChI is InChI=1S/C29H30N4O5S/c1-20-7-10-23(11-8-20)28-26(18-32(31-28)17-22-5-4-6-25(15-22)37-3)29(34)30-24-12-9-21(2)27(16-24)39(35,36)33-13-14-38-19-33/h4-12,15-16,18H,13-14,17,19H2,1-3H3,(H,30,34). The number of amides is 1. The van der Waals surface area contributed by atoms with Gasteiger partial charge in [-0.25, -0.2) is 8.42 Å². The van der Waals surface area contributed by atoms with E-state index in [2.05, 4.69) is 5.32 Å². The molecular weight excluding hydrogens is 516 g/mol. The molecular formula is C29H30N4O5S. The number of nitrogens with one attached hydrogen (secondary N) is 1. The van der Waals surface area contributed by atoms with Crippen LogP contribution in [0.15, 0.2) is 77.8 Å². The van der Waals surface area contributed by atoms with Crippen LogP contribution in [0.3, 0.4) is 0 Å². The fraction of sp³-hybridized carbons (Fsp3) is 0.241. The first-order valence-corrected chi connectivity index (χ1v) is 14.0. The molecule has 1 aromatic heterocycles. The van der Waals surface area contributed by atoms with Gasteiger partial charge >= 0.3 is 0 Å². The Morgan fingerprint density at radius 2 is 1.87 bits per heavy atom. The van der Waals surface area contributed by atoms with Crippen LogP contribution in [0.5, 0.6) is 5.75 Å². The van der Waals surface area contributed by atoms with Gasteiger partial charge in [0, 0.05) is 24.0 Å². The van der Waals surface area contributed by atoms with Gasteiger partial charge in [0.2, 0.25) is 10.0 Å². The SMILES string of the molecule is COc1cccc(Cn2cc(C(=O)Nc3ccc(C)c(S(=O)(=O)N4CCOC4)c3)c(-c3ccc(C)cc3)n2)c1. The maximum atomic E-state index is 13.6. The van der Waals surface area contributed by atoms with E-state index in [1.165, 1.54) is 10.4 Å². The molecule has 9 nitrogen and oxygen atoms in total. The second-order valence-corrected chi connectivity index (χ2v) is 11.4. The van der Waals surface area contributed by atoms with Crippen LogP contribution < -0.4 is 10.1 Å². The number of rotatable bonds is 8. The Hall–Kier alpha value is -3.99. The van der Waals surface area contributed by atoms with E-state index in [-0.39, 0.29) is 17.5 Å². The molecule has 0 unspecified atom stereocenters. The molecule has 2 heterocycles. The van der Waals surface area contributed by atoms with Gasteiger partial charge in [-0.05, 0) is 49.2 Å². The quantitative estimate of drug-likeness (QED) is 0.350. The Bertz CT molecular complexity index is 1610. The Morgan fingerprint density at radius 1 is 1.08 bits per heavy atom. The third-order valence-corrected chi connectivity index (χ3v) is 8.56. The molecule has 0 spiro atoms. The van der Waals surface area contributed by atoms with Gasteiger partial charge in [0.1, 0.15) is 18.2 Å². The first-order chi connectivity index (χ1) is 18.7. The molecule has 1 saturated heterocycles. The number of carbonyl (C=O) groups excluding carboxylic acids is 1. The van der Waals surface area contributed by atoms with Gasteiger partial charge in [-0.2, -0.15) is 9.40 Å². The number of sulfonamides is 1. The van der Waals surface area contributed by atoms with E-state index in [0.717, 1.165) is 22.4 Å². The zero-order valence-corrected chi connectivity index (χ0v) is 22.9. The van der Waals surface area contributed by atoms with Crippen molar-refractivity contribution in [1.82, 2.24) is 14.1 Å². The first-order valence-electron chi connectivity index (χ1n) is 12.5. The molecule has 0 aliphatic carbocycles. The minimum atomic E-state index is -3.75. The summed E-state index contributed by atoms with van der Waals surface area (Å²) < 4.78 is 39.9. The van der Waals surface area contributed by atoms with Crippen LogP contribution in [0.4, 0.5) is 5.69 Å². The summed E-state index contributed by atoms with van der Waals surface area (Å²) in [7, 11) is -2.14. The Morgan fingerprint density at radius 3 is 2.59 bits per heavy atom. The van der Waals surface area contributed by atoms with E-state index in [0.29, 0.717) is 42.2 Å². The number of hydrogen-bond donors (Lipinski definition) is 1. The fourth-order valence-corrected chi connectivity index (χ4v) is 5.99. The third-order valence-electron chi connectivity index (χ3n) is 6.59. The maximum Gasteiger partial charge on any atom is 0.259 e. The van der Waals surface area contributed by atoms with Gasteiger partial charge in [-0.1, -0.05) is 48.0 Å². The number of aromatic nitrogens is 2. The second kappa shape index (κ2) is 11.0. The minimum Gasteiger partial charge on any atom is -0.497 e. The normalized spacial score (nSPS) is 13.9. The molecule has 1 fully saturated rings. The molecule has 0 saturated carbocycles. The van der Waals surface area contributed by atoms with Crippen molar-refractivity contribution in [3.8, 4) is 17.0 Å². The van der Waals surface area contributed by atoms with Crippen molar-refractivity contribution in [3.05, 3.63) is 95.2 Å². The predicted molar refractivity (Wildman–Crippen MR) is 148 cm³/mol. The first kappa shape index (κ1) is 26.6. The molecule has 3 aromatic carbocycles. The highest BCUT2D eigenvalue weighted by Crippen LogP contribution is 2.27. The number of methoxy groups -OCH3 is 1. The van der Waals surface area contributed by atoms with Crippen LogP contribution in [0, 0.1) is 13.8 Å². The minimum absolute atomic E-state index is 0.0186. The van der Waals surface area contributed by atoms with E-state index in [1.54, 1.807) is 37.0 Å². The van der Waals surface area contributed by atoms with Crippen LogP contribution in [-0.4, -0.2) is 55.4 Å². The lowest BCUT2D eigenvalue weighted by molar-refractivity contribution is 0.102. The number of hydrogen-bond acceptors (Lipinski definition) is 6. The molecule has 1 aliphatic heterocycles. The van der Waals surface area contributed by atoms with E-state index >= 15 is 0 Å². The maximum absolute atomic E-state index is 13.6. The average molecular weight is 547 g/mol. The van der Waals surface area contributed by atoms with Crippen LogP contribution in [0.2, 0.25) is 0 Å². The van der Waals surface area contributed by atoms with Gasteiger partial charge in [-0.3, -0.25) is 9.48 Å². The number of anilines is 1. The summed E-state index contributed by atoms with van der Waals surface area (Å²) in [6.45, 7) is 4.84. The van der Waals surface area contributed by atoms with Gasteiger partial charge in [0.25, 0.3) is 5.91 Å². The van der Waals surface area contributed by atoms with E-state index in [4.69, 9.17) is 14.6 Å². The summed E-state index contributed by atoms with van der Waals surface area (Å²) in [6.07, 6.45) is 1.71. The lowest BCUT2D eigenvalue weighted by Crippen LogP contribution is -2.29. The number of nitrogens with zero attached hydrogens (tertiary/aromatic N) is 3. The summed E-state index contributed by atoms with van der Waals surface area (Å²) in [5, 5.41) is 7.62. The van der Waals surface area contributed by atoms with Crippen LogP contribution in [0.25, 0.3) is 11.3 Å². The van der Waals surface area contributed by atoms with Crippen LogP contribution >= 0.6 is 0 Å². The van der Waals surface area contributed by atoms with Crippen molar-refractivity contribution in [2.45, 2.75) is 25.3 Å². The average Bonchev–Trinajstić information content (AvgIpc) is 3.62. The molecule has 1 aliphatic rings. The molecule has 202 valence electrons. The molecule has 0 bridgehead atoms. The predicted octanol–water partition coefficient (Wildman–Crippen LogP) is 4.45. The van der Waals surface area contributed by atoms with E-state index in [9.17, 15) is 13.2 Å². The molecule has 39 heavy (non-hydrogen) atoms. The van der Waals surface area contributed by atoms with Gasteiger partial charge in [-0.15, -0.1) is 0 Å². The van der Waals surface area contributed by atoms with E-state index < -0.39 is 10.0 Å². The van der Waals surface area contributed by atoms with Crippen molar-refractivity contribution in [1.29, 1.82) is 0 Å². The molecule has 4 aromatic rings. The molecule has 0 radical (unpaired) electrons. The summed E-state index contributed by atoms with van der Waals surface area (Å²) in [6, 6.07) is 20.3.